The maximum absolute atomic E-state index is 12.4. The number of amides is 1. The van der Waals surface area contributed by atoms with Gasteiger partial charge < -0.3 is 5.32 Å². The second kappa shape index (κ2) is 7.83. The normalized spacial score (nSPS) is 14.5. The van der Waals surface area contributed by atoms with E-state index < -0.39 is 0 Å². The Bertz CT molecular complexity index is 791. The Labute approximate surface area is 159 Å². The number of halogens is 2. The summed E-state index contributed by atoms with van der Waals surface area (Å²) < 4.78 is 0.903. The highest BCUT2D eigenvalue weighted by atomic mass is 35.5. The van der Waals surface area contributed by atoms with Crippen molar-refractivity contribution in [3.63, 3.8) is 0 Å². The van der Waals surface area contributed by atoms with E-state index in [1.165, 1.54) is 17.3 Å². The largest absolute Gasteiger partial charge is 0.325 e. The van der Waals surface area contributed by atoms with Crippen LogP contribution in [0.15, 0.2) is 47.5 Å². The number of carbonyl (C=O) groups is 1. The number of thioether (sulfide) groups is 2. The Morgan fingerprint density at radius 3 is 2.71 bits per heavy atom. The zero-order valence-corrected chi connectivity index (χ0v) is 15.9. The number of benzene rings is 2. The monoisotopic (exact) mass is 396 g/mol. The van der Waals surface area contributed by atoms with Crippen LogP contribution in [-0.2, 0) is 10.5 Å². The molecule has 0 fully saturated rings. The number of hydrogen-bond donors (Lipinski definition) is 1. The Kier molecular flexibility index (Phi) is 5.76. The molecule has 2 aromatic carbocycles. The van der Waals surface area contributed by atoms with Gasteiger partial charge in [-0.1, -0.05) is 64.9 Å². The molecule has 0 radical (unpaired) electrons. The number of fused-ring (bicyclic) bond motifs is 1. The Balaban J connectivity index is 1.65. The third-order valence-corrected chi connectivity index (χ3v) is 6.06. The highest BCUT2D eigenvalue weighted by Crippen LogP contribution is 2.36. The minimum atomic E-state index is -0.278. The number of anilines is 1. The van der Waals surface area contributed by atoms with Crippen molar-refractivity contribution in [2.45, 2.75) is 17.9 Å². The van der Waals surface area contributed by atoms with Crippen molar-refractivity contribution in [1.29, 1.82) is 0 Å². The number of nitrogens with zero attached hydrogens (tertiary/aromatic N) is 1. The predicted molar refractivity (Wildman–Crippen MR) is 107 cm³/mol. The van der Waals surface area contributed by atoms with E-state index in [2.05, 4.69) is 16.4 Å². The van der Waals surface area contributed by atoms with Crippen molar-refractivity contribution in [2.75, 3.05) is 5.32 Å². The Morgan fingerprint density at radius 2 is 1.96 bits per heavy atom. The van der Waals surface area contributed by atoms with Crippen LogP contribution in [0.4, 0.5) is 11.4 Å². The van der Waals surface area contributed by atoms with Gasteiger partial charge in [0.2, 0.25) is 5.91 Å². The van der Waals surface area contributed by atoms with Gasteiger partial charge in [-0.3, -0.25) is 4.79 Å². The quantitative estimate of drug-likeness (QED) is 0.692. The van der Waals surface area contributed by atoms with E-state index in [9.17, 15) is 4.79 Å². The lowest BCUT2D eigenvalue weighted by Crippen LogP contribution is -2.23. The lowest BCUT2D eigenvalue weighted by atomic mass is 10.2. The number of carbonyl (C=O) groups excluding carboxylic acids is 1. The van der Waals surface area contributed by atoms with Crippen molar-refractivity contribution < 1.29 is 4.79 Å². The summed E-state index contributed by atoms with van der Waals surface area (Å²) in [6, 6.07) is 13.0. The molecule has 1 amide bonds. The van der Waals surface area contributed by atoms with Gasteiger partial charge in [-0.15, -0.1) is 0 Å². The van der Waals surface area contributed by atoms with Gasteiger partial charge in [0, 0.05) is 21.5 Å². The van der Waals surface area contributed by atoms with Crippen LogP contribution in [0.3, 0.4) is 0 Å². The van der Waals surface area contributed by atoms with E-state index in [1.807, 2.05) is 25.1 Å². The van der Waals surface area contributed by atoms with Crippen molar-refractivity contribution in [3.8, 4) is 0 Å². The van der Waals surface area contributed by atoms with E-state index in [1.54, 1.807) is 30.0 Å². The van der Waals surface area contributed by atoms with E-state index >= 15 is 0 Å². The first kappa shape index (κ1) is 17.7. The molecule has 0 saturated carbocycles. The van der Waals surface area contributed by atoms with Crippen LogP contribution < -0.4 is 5.32 Å². The fraction of sp³-hybridized carbons (Fsp3) is 0.176. The molecule has 7 heteroatoms. The first-order valence-corrected chi connectivity index (χ1v) is 9.86. The number of aliphatic imine (C=N–C) groups is 1. The molecule has 3 nitrogen and oxygen atoms in total. The average molecular weight is 397 g/mol. The van der Waals surface area contributed by atoms with E-state index in [0.717, 1.165) is 15.8 Å². The Hall–Kier alpha value is -1.14. The van der Waals surface area contributed by atoms with E-state index in [-0.39, 0.29) is 11.2 Å². The predicted octanol–water partition coefficient (Wildman–Crippen LogP) is 5.99. The zero-order chi connectivity index (χ0) is 17.1. The van der Waals surface area contributed by atoms with Crippen LogP contribution in [-0.4, -0.2) is 15.5 Å². The minimum absolute atomic E-state index is 0.111. The fourth-order valence-electron chi connectivity index (χ4n) is 2.15. The summed E-state index contributed by atoms with van der Waals surface area (Å²) in [6.45, 7) is 1.86. The molecule has 1 heterocycles. The van der Waals surface area contributed by atoms with Crippen molar-refractivity contribution in [3.05, 3.63) is 58.1 Å². The van der Waals surface area contributed by atoms with Gasteiger partial charge in [0.25, 0.3) is 0 Å². The van der Waals surface area contributed by atoms with Crippen LogP contribution in [0, 0.1) is 0 Å². The van der Waals surface area contributed by atoms with Crippen LogP contribution >= 0.6 is 46.7 Å². The summed E-state index contributed by atoms with van der Waals surface area (Å²) in [5.74, 6) is 0.765. The zero-order valence-electron chi connectivity index (χ0n) is 12.8. The molecular formula is C17H14Cl2N2OS2. The molecule has 0 spiro atoms. The summed E-state index contributed by atoms with van der Waals surface area (Å²) in [5.41, 5.74) is 2.79. The first-order chi connectivity index (χ1) is 11.5. The SMILES string of the molecule is C[C@H](SC1=Nc2ccccc2CS1)C(=O)Nc1cc(Cl)cc(Cl)c1. The fourth-order valence-corrected chi connectivity index (χ4v) is 4.86. The van der Waals surface area contributed by atoms with Crippen LogP contribution in [0.25, 0.3) is 0 Å². The average Bonchev–Trinajstić information content (AvgIpc) is 2.53. The minimum Gasteiger partial charge on any atom is -0.325 e. The van der Waals surface area contributed by atoms with Gasteiger partial charge in [0.15, 0.2) is 0 Å². The molecule has 124 valence electrons. The van der Waals surface area contributed by atoms with Gasteiger partial charge in [-0.25, -0.2) is 4.99 Å². The van der Waals surface area contributed by atoms with E-state index in [0.29, 0.717) is 15.7 Å². The van der Waals surface area contributed by atoms with Crippen LogP contribution in [0.2, 0.25) is 10.0 Å². The summed E-state index contributed by atoms with van der Waals surface area (Å²) in [4.78, 5) is 17.0. The lowest BCUT2D eigenvalue weighted by Gasteiger charge is -2.17. The van der Waals surface area contributed by atoms with Gasteiger partial charge in [0.05, 0.1) is 10.9 Å². The van der Waals surface area contributed by atoms with Crippen molar-refractivity contribution >= 4 is 68.4 Å². The maximum Gasteiger partial charge on any atom is 0.237 e. The molecule has 24 heavy (non-hydrogen) atoms. The summed E-state index contributed by atoms with van der Waals surface area (Å²) in [7, 11) is 0. The van der Waals surface area contributed by atoms with Crippen molar-refractivity contribution in [2.24, 2.45) is 4.99 Å². The number of rotatable bonds is 3. The van der Waals surface area contributed by atoms with Crippen LogP contribution in [0.5, 0.6) is 0 Å². The highest BCUT2D eigenvalue weighted by molar-refractivity contribution is 8.39. The molecule has 0 aliphatic carbocycles. The van der Waals surface area contributed by atoms with Gasteiger partial charge in [0.1, 0.15) is 4.38 Å². The van der Waals surface area contributed by atoms with Crippen molar-refractivity contribution in [1.82, 2.24) is 0 Å². The molecule has 3 rings (SSSR count). The molecule has 0 bridgehead atoms. The highest BCUT2D eigenvalue weighted by Gasteiger charge is 2.20. The summed E-state index contributed by atoms with van der Waals surface area (Å²) in [6.07, 6.45) is 0. The number of para-hydroxylation sites is 1. The molecule has 0 saturated heterocycles. The third kappa shape index (κ3) is 4.48. The number of nitrogens with one attached hydrogen (secondary N) is 1. The van der Waals surface area contributed by atoms with Gasteiger partial charge >= 0.3 is 0 Å². The summed E-state index contributed by atoms with van der Waals surface area (Å²) >= 11 is 15.0. The topological polar surface area (TPSA) is 41.5 Å². The molecule has 2 aromatic rings. The number of hydrogen-bond acceptors (Lipinski definition) is 4. The molecule has 1 atom stereocenters. The van der Waals surface area contributed by atoms with Crippen LogP contribution in [0.1, 0.15) is 12.5 Å². The van der Waals surface area contributed by atoms with E-state index in [4.69, 9.17) is 23.2 Å². The Morgan fingerprint density at radius 1 is 1.25 bits per heavy atom. The second-order valence-corrected chi connectivity index (χ2v) is 8.63. The molecule has 0 unspecified atom stereocenters. The second-order valence-electron chi connectivity index (χ2n) is 5.20. The summed E-state index contributed by atoms with van der Waals surface area (Å²) in [5, 5.41) is 3.54. The standard InChI is InChI=1S/C17H14Cl2N2OS2/c1-10(16(22)20-14-7-12(18)6-13(19)8-14)24-17-21-15-5-3-2-4-11(15)9-23-17/h2-8,10H,9H2,1H3,(H,20,22)/t10-/m0/s1. The molecule has 1 N–H and O–H groups in total. The lowest BCUT2D eigenvalue weighted by molar-refractivity contribution is -0.115. The first-order valence-electron chi connectivity index (χ1n) is 7.24. The molecule has 1 aliphatic rings. The molecule has 1 aliphatic heterocycles. The van der Waals surface area contributed by atoms with Gasteiger partial charge in [-0.05, 0) is 36.8 Å². The third-order valence-electron chi connectivity index (χ3n) is 3.33. The molecule has 0 aromatic heterocycles. The maximum atomic E-state index is 12.4. The molecular weight excluding hydrogens is 383 g/mol. The smallest absolute Gasteiger partial charge is 0.237 e. The van der Waals surface area contributed by atoms with Gasteiger partial charge in [-0.2, -0.15) is 0 Å².